The van der Waals surface area contributed by atoms with Gasteiger partial charge < -0.3 is 16.2 Å². The summed E-state index contributed by atoms with van der Waals surface area (Å²) in [7, 11) is 0. The van der Waals surface area contributed by atoms with Gasteiger partial charge in [0.15, 0.2) is 0 Å². The molecule has 0 unspecified atom stereocenters. The number of amides is 1. The molecule has 0 aliphatic heterocycles. The molecule has 3 atom stereocenters. The number of aliphatic hydroxyl groups excluding tert-OH is 1. The summed E-state index contributed by atoms with van der Waals surface area (Å²) in [5.41, 5.74) is 6.48. The third-order valence-electron chi connectivity index (χ3n) is 2.05. The normalized spacial score (nSPS) is 34.7. The molecule has 0 heterocycles. The first kappa shape index (κ1) is 9.22. The van der Waals surface area contributed by atoms with Crippen molar-refractivity contribution in [2.75, 3.05) is 0 Å². The highest BCUT2D eigenvalue weighted by Crippen LogP contribution is 2.17. The van der Waals surface area contributed by atoms with Gasteiger partial charge in [-0.05, 0) is 12.5 Å². The Morgan fingerprint density at radius 3 is 2.67 bits per heavy atom. The van der Waals surface area contributed by atoms with Gasteiger partial charge >= 0.3 is 0 Å². The lowest BCUT2D eigenvalue weighted by Crippen LogP contribution is -2.49. The third-order valence-corrected chi connectivity index (χ3v) is 2.05. The van der Waals surface area contributed by atoms with Gasteiger partial charge in [0.2, 0.25) is 5.91 Å². The van der Waals surface area contributed by atoms with E-state index >= 15 is 0 Å². The maximum atomic E-state index is 10.7. The first-order valence-electron chi connectivity index (χ1n) is 3.91. The Morgan fingerprint density at radius 1 is 1.75 bits per heavy atom. The van der Waals surface area contributed by atoms with E-state index in [1.165, 1.54) is 6.92 Å². The summed E-state index contributed by atoms with van der Waals surface area (Å²) in [6.07, 6.45) is 1.13. The summed E-state index contributed by atoms with van der Waals surface area (Å²) in [6, 6.07) is -0.633. The van der Waals surface area contributed by atoms with Gasteiger partial charge in [0.1, 0.15) is 0 Å². The van der Waals surface area contributed by atoms with Crippen LogP contribution >= 0.6 is 0 Å². The van der Waals surface area contributed by atoms with Crippen LogP contribution < -0.4 is 11.1 Å². The number of nitrogens with one attached hydrogen (secondary N) is 1. The minimum absolute atomic E-state index is 0.169. The quantitative estimate of drug-likeness (QED) is 0.448. The number of hydrogen-bond acceptors (Lipinski definition) is 3. The van der Waals surface area contributed by atoms with Crippen LogP contribution in [0.25, 0.3) is 0 Å². The molecule has 1 rings (SSSR count). The van der Waals surface area contributed by atoms with Crippen molar-refractivity contribution >= 4 is 5.91 Å². The average molecular weight is 170 g/mol. The molecule has 12 heavy (non-hydrogen) atoms. The largest absolute Gasteiger partial charge is 0.387 e. The van der Waals surface area contributed by atoms with E-state index in [0.29, 0.717) is 0 Å². The molecule has 1 amide bonds. The van der Waals surface area contributed by atoms with Gasteiger partial charge in [0, 0.05) is 13.0 Å². The highest BCUT2D eigenvalue weighted by molar-refractivity contribution is 5.73. The summed E-state index contributed by atoms with van der Waals surface area (Å²) >= 11 is 0. The Kier molecular flexibility index (Phi) is 2.49. The van der Waals surface area contributed by atoms with Crippen molar-refractivity contribution in [2.24, 2.45) is 5.73 Å². The Hall–Kier alpha value is -0.870. The second-order valence-electron chi connectivity index (χ2n) is 3.16. The van der Waals surface area contributed by atoms with E-state index in [4.69, 9.17) is 5.73 Å². The molecule has 0 aromatic rings. The summed E-state index contributed by atoms with van der Waals surface area (Å²) in [5.74, 6) is -0.169. The van der Waals surface area contributed by atoms with Crippen molar-refractivity contribution in [3.63, 3.8) is 0 Å². The molecule has 0 bridgehead atoms. The summed E-state index contributed by atoms with van der Waals surface area (Å²) < 4.78 is 0. The van der Waals surface area contributed by atoms with E-state index in [0.717, 1.165) is 5.57 Å². The van der Waals surface area contributed by atoms with Gasteiger partial charge in [-0.3, -0.25) is 4.79 Å². The maximum absolute atomic E-state index is 10.7. The second-order valence-corrected chi connectivity index (χ2v) is 3.16. The Labute approximate surface area is 71.4 Å². The van der Waals surface area contributed by atoms with Crippen molar-refractivity contribution in [1.29, 1.82) is 0 Å². The molecule has 0 spiro atoms. The number of aliphatic hydroxyl groups is 1. The first-order valence-corrected chi connectivity index (χ1v) is 3.91. The number of carbonyl (C=O) groups is 1. The molecule has 0 saturated carbocycles. The van der Waals surface area contributed by atoms with Gasteiger partial charge in [-0.1, -0.05) is 6.08 Å². The Bertz CT molecular complexity index is 225. The molecule has 0 aromatic carbocycles. The molecule has 0 fully saturated rings. The highest BCUT2D eigenvalue weighted by atomic mass is 16.3. The van der Waals surface area contributed by atoms with Crippen molar-refractivity contribution in [3.05, 3.63) is 11.6 Å². The SMILES string of the molecule is CC(=O)N[C@@H]1[C@H](N)C=C(C)[C@H]1O. The number of nitrogens with two attached hydrogens (primary N) is 1. The van der Waals surface area contributed by atoms with Crippen molar-refractivity contribution in [3.8, 4) is 0 Å². The van der Waals surface area contributed by atoms with E-state index in [9.17, 15) is 9.90 Å². The molecule has 0 aromatic heterocycles. The smallest absolute Gasteiger partial charge is 0.217 e. The van der Waals surface area contributed by atoms with Gasteiger partial charge in [-0.25, -0.2) is 0 Å². The molecule has 4 nitrogen and oxygen atoms in total. The van der Waals surface area contributed by atoms with Gasteiger partial charge in [-0.2, -0.15) is 0 Å². The zero-order valence-corrected chi connectivity index (χ0v) is 7.24. The predicted octanol–water partition coefficient (Wildman–Crippen LogP) is -0.861. The standard InChI is InChI=1S/C8H14N2O2/c1-4-3-6(9)7(8(4)12)10-5(2)11/h3,6-8,12H,9H2,1-2H3,(H,10,11)/t6-,7-,8-/m1/s1. The fourth-order valence-electron chi connectivity index (χ4n) is 1.41. The van der Waals surface area contributed by atoms with Crippen LogP contribution in [0, 0.1) is 0 Å². The molecular formula is C8H14N2O2. The number of carbonyl (C=O) groups excluding carboxylic acids is 1. The predicted molar refractivity (Wildman–Crippen MR) is 45.3 cm³/mol. The molecule has 4 heteroatoms. The third kappa shape index (κ3) is 1.65. The van der Waals surface area contributed by atoms with Crippen LogP contribution in [0.3, 0.4) is 0 Å². The average Bonchev–Trinajstić information content (AvgIpc) is 2.16. The zero-order valence-electron chi connectivity index (χ0n) is 7.24. The molecule has 4 N–H and O–H groups in total. The highest BCUT2D eigenvalue weighted by Gasteiger charge is 2.32. The fraction of sp³-hybridized carbons (Fsp3) is 0.625. The van der Waals surface area contributed by atoms with Crippen LogP contribution in [0.15, 0.2) is 11.6 Å². The molecule has 1 aliphatic carbocycles. The van der Waals surface area contributed by atoms with Gasteiger partial charge in [0.05, 0.1) is 12.1 Å². The minimum atomic E-state index is -0.635. The zero-order chi connectivity index (χ0) is 9.30. The van der Waals surface area contributed by atoms with Gasteiger partial charge in [0.25, 0.3) is 0 Å². The van der Waals surface area contributed by atoms with Gasteiger partial charge in [-0.15, -0.1) is 0 Å². The van der Waals surface area contributed by atoms with Crippen LogP contribution in [0.1, 0.15) is 13.8 Å². The summed E-state index contributed by atoms with van der Waals surface area (Å²) in [5, 5.41) is 12.1. The minimum Gasteiger partial charge on any atom is -0.387 e. The number of hydrogen-bond donors (Lipinski definition) is 3. The van der Waals surface area contributed by atoms with Crippen LogP contribution in [0.5, 0.6) is 0 Å². The fourth-order valence-corrected chi connectivity index (χ4v) is 1.41. The topological polar surface area (TPSA) is 75.4 Å². The lowest BCUT2D eigenvalue weighted by atomic mass is 10.1. The van der Waals surface area contributed by atoms with Crippen LogP contribution in [0.4, 0.5) is 0 Å². The lowest BCUT2D eigenvalue weighted by Gasteiger charge is -2.20. The van der Waals surface area contributed by atoms with E-state index in [1.807, 2.05) is 0 Å². The molecule has 0 saturated heterocycles. The van der Waals surface area contributed by atoms with Crippen molar-refractivity contribution < 1.29 is 9.90 Å². The van der Waals surface area contributed by atoms with E-state index in [-0.39, 0.29) is 18.0 Å². The first-order chi connectivity index (χ1) is 5.52. The van der Waals surface area contributed by atoms with Crippen molar-refractivity contribution in [2.45, 2.75) is 32.0 Å². The lowest BCUT2D eigenvalue weighted by molar-refractivity contribution is -0.120. The molecule has 68 valence electrons. The van der Waals surface area contributed by atoms with E-state index in [1.54, 1.807) is 13.0 Å². The van der Waals surface area contributed by atoms with Crippen LogP contribution in [-0.2, 0) is 4.79 Å². The van der Waals surface area contributed by atoms with E-state index in [2.05, 4.69) is 5.32 Å². The van der Waals surface area contributed by atoms with E-state index < -0.39 is 6.10 Å². The molecular weight excluding hydrogens is 156 g/mol. The monoisotopic (exact) mass is 170 g/mol. The summed E-state index contributed by atoms with van der Waals surface area (Å²) in [6.45, 7) is 3.21. The summed E-state index contributed by atoms with van der Waals surface area (Å²) in [4.78, 5) is 10.7. The molecule has 0 radical (unpaired) electrons. The second kappa shape index (κ2) is 3.25. The maximum Gasteiger partial charge on any atom is 0.217 e. The van der Waals surface area contributed by atoms with Crippen LogP contribution in [0.2, 0.25) is 0 Å². The molecule has 1 aliphatic rings. The van der Waals surface area contributed by atoms with Crippen LogP contribution in [-0.4, -0.2) is 29.2 Å². The Morgan fingerprint density at radius 2 is 2.33 bits per heavy atom. The number of rotatable bonds is 1. The van der Waals surface area contributed by atoms with Crippen molar-refractivity contribution in [1.82, 2.24) is 5.32 Å². The Balaban J connectivity index is 2.63.